The van der Waals surface area contributed by atoms with Crippen molar-refractivity contribution in [3.05, 3.63) is 69.4 Å². The van der Waals surface area contributed by atoms with E-state index in [9.17, 15) is 14.0 Å². The van der Waals surface area contributed by atoms with Crippen LogP contribution in [-0.4, -0.2) is 42.7 Å². The van der Waals surface area contributed by atoms with Gasteiger partial charge in [-0.25, -0.2) is 14.5 Å². The summed E-state index contributed by atoms with van der Waals surface area (Å²) in [6, 6.07) is 8.57. The number of methoxy groups -OCH3 is 3. The van der Waals surface area contributed by atoms with E-state index in [0.29, 0.717) is 46.3 Å². The van der Waals surface area contributed by atoms with Crippen LogP contribution in [0.4, 0.5) is 4.39 Å². The van der Waals surface area contributed by atoms with Crippen molar-refractivity contribution >= 4 is 11.6 Å². The molecule has 0 aliphatic carbocycles. The number of rotatable bonds is 9. The molecule has 1 aromatic heterocycles. The Bertz CT molecular complexity index is 1240. The lowest BCUT2D eigenvalue weighted by molar-refractivity contribution is 0.0954. The maximum Gasteiger partial charge on any atom is 0.280 e. The van der Waals surface area contributed by atoms with Gasteiger partial charge >= 0.3 is 0 Å². The Kier molecular flexibility index (Phi) is 7.72. The van der Waals surface area contributed by atoms with Crippen molar-refractivity contribution in [2.75, 3.05) is 21.3 Å². The van der Waals surface area contributed by atoms with Crippen LogP contribution in [0.5, 0.6) is 17.2 Å². The summed E-state index contributed by atoms with van der Waals surface area (Å²) in [5, 5.41) is 7.23. The van der Waals surface area contributed by atoms with Gasteiger partial charge < -0.3 is 14.2 Å². The minimum Gasteiger partial charge on any atom is -0.493 e. The third kappa shape index (κ3) is 4.95. The van der Waals surface area contributed by atoms with Crippen LogP contribution in [0.3, 0.4) is 0 Å². The number of aromatic amines is 1. The zero-order valence-corrected chi connectivity index (χ0v) is 19.7. The number of amides is 1. The molecule has 0 aliphatic rings. The second-order valence-corrected chi connectivity index (χ2v) is 7.38. The molecule has 10 heteroatoms. The van der Waals surface area contributed by atoms with Gasteiger partial charge in [-0.2, -0.15) is 5.10 Å². The van der Waals surface area contributed by atoms with Crippen LogP contribution in [0.15, 0.2) is 46.3 Å². The van der Waals surface area contributed by atoms with Crippen molar-refractivity contribution in [2.45, 2.75) is 26.7 Å². The monoisotopic (exact) mass is 470 g/mol. The molecule has 0 unspecified atom stereocenters. The van der Waals surface area contributed by atoms with Crippen molar-refractivity contribution in [1.82, 2.24) is 15.2 Å². The fraction of sp³-hybridized carbons (Fsp3) is 0.292. The highest BCUT2D eigenvalue weighted by Crippen LogP contribution is 2.38. The van der Waals surface area contributed by atoms with Crippen LogP contribution in [0.2, 0.25) is 0 Å². The summed E-state index contributed by atoms with van der Waals surface area (Å²) in [5.74, 6) is 0.0882. The van der Waals surface area contributed by atoms with Crippen LogP contribution in [0.1, 0.15) is 41.9 Å². The molecule has 0 atom stereocenters. The van der Waals surface area contributed by atoms with Gasteiger partial charge in [0.1, 0.15) is 5.82 Å². The molecule has 1 heterocycles. The normalized spacial score (nSPS) is 11.3. The second kappa shape index (κ2) is 10.7. The Balaban J connectivity index is 1.94. The van der Waals surface area contributed by atoms with E-state index in [1.165, 1.54) is 62.4 Å². The number of hydrazone groups is 1. The molecule has 180 valence electrons. The fourth-order valence-corrected chi connectivity index (χ4v) is 3.53. The van der Waals surface area contributed by atoms with E-state index in [1.807, 2.05) is 6.92 Å². The lowest BCUT2D eigenvalue weighted by Gasteiger charge is -2.13. The Labute approximate surface area is 196 Å². The maximum absolute atomic E-state index is 13.3. The third-order valence-electron chi connectivity index (χ3n) is 5.16. The van der Waals surface area contributed by atoms with Gasteiger partial charge in [0.2, 0.25) is 5.75 Å². The number of ether oxygens (including phenoxy) is 3. The molecule has 3 rings (SSSR count). The van der Waals surface area contributed by atoms with Crippen molar-refractivity contribution in [2.24, 2.45) is 5.10 Å². The molecule has 0 saturated carbocycles. The number of hydrogen-bond donors (Lipinski definition) is 2. The molecular formula is C24H27FN4O5. The van der Waals surface area contributed by atoms with Gasteiger partial charge in [0.25, 0.3) is 11.5 Å². The van der Waals surface area contributed by atoms with Gasteiger partial charge in [0, 0.05) is 11.3 Å². The number of nitrogens with one attached hydrogen (secondary N) is 2. The number of aromatic nitrogens is 2. The van der Waals surface area contributed by atoms with Crippen LogP contribution in [-0.2, 0) is 6.42 Å². The van der Waals surface area contributed by atoms with E-state index >= 15 is 0 Å². The highest BCUT2D eigenvalue weighted by Gasteiger charge is 2.19. The standard InChI is InChI=1S/C24H27FN4O5/c1-6-7-18-21(24(31)29(28-18)17-10-8-16(25)9-11-17)14(2)26-27-23(30)15-12-19(32-3)22(34-5)20(13-15)33-4/h8-13,28H,6-7H2,1-5H3,(H,27,30)/b26-14+. The van der Waals surface area contributed by atoms with E-state index in [1.54, 1.807) is 6.92 Å². The minimum atomic E-state index is -0.523. The molecule has 1 amide bonds. The van der Waals surface area contributed by atoms with E-state index in [-0.39, 0.29) is 11.1 Å². The number of benzene rings is 2. The summed E-state index contributed by atoms with van der Waals surface area (Å²) in [4.78, 5) is 25.9. The van der Waals surface area contributed by atoms with Crippen LogP contribution in [0.25, 0.3) is 5.69 Å². The van der Waals surface area contributed by atoms with Crippen LogP contribution < -0.4 is 25.2 Å². The van der Waals surface area contributed by atoms with Crippen molar-refractivity contribution in [3.8, 4) is 22.9 Å². The van der Waals surface area contributed by atoms with Gasteiger partial charge in [-0.05, 0) is 49.7 Å². The third-order valence-corrected chi connectivity index (χ3v) is 5.16. The number of H-pyrrole nitrogens is 1. The molecular weight excluding hydrogens is 443 g/mol. The highest BCUT2D eigenvalue weighted by atomic mass is 19.1. The van der Waals surface area contributed by atoms with Gasteiger partial charge in [-0.3, -0.25) is 14.7 Å². The first kappa shape index (κ1) is 24.6. The smallest absolute Gasteiger partial charge is 0.280 e. The molecule has 3 aromatic rings. The molecule has 0 radical (unpaired) electrons. The van der Waals surface area contributed by atoms with Gasteiger partial charge in [0.15, 0.2) is 11.5 Å². The summed E-state index contributed by atoms with van der Waals surface area (Å²) in [6.45, 7) is 3.62. The molecule has 34 heavy (non-hydrogen) atoms. The summed E-state index contributed by atoms with van der Waals surface area (Å²) in [7, 11) is 4.38. The Morgan fingerprint density at radius 3 is 2.24 bits per heavy atom. The number of carbonyl (C=O) groups is 1. The summed E-state index contributed by atoms with van der Waals surface area (Å²) >= 11 is 0. The average Bonchev–Trinajstić information content (AvgIpc) is 3.17. The lowest BCUT2D eigenvalue weighted by atomic mass is 10.1. The average molecular weight is 471 g/mol. The molecule has 0 spiro atoms. The summed E-state index contributed by atoms with van der Waals surface area (Å²) < 4.78 is 30.5. The first-order valence-corrected chi connectivity index (χ1v) is 10.6. The number of nitrogens with zero attached hydrogens (tertiary/aromatic N) is 2. The second-order valence-electron chi connectivity index (χ2n) is 7.38. The Morgan fingerprint density at radius 1 is 1.09 bits per heavy atom. The molecule has 2 aromatic carbocycles. The van der Waals surface area contributed by atoms with E-state index in [0.717, 1.165) is 6.42 Å². The van der Waals surface area contributed by atoms with E-state index in [4.69, 9.17) is 14.2 Å². The van der Waals surface area contributed by atoms with Crippen LogP contribution in [0, 0.1) is 5.82 Å². The SMILES string of the molecule is CCCc1[nH]n(-c2ccc(F)cc2)c(=O)c1/C(C)=N/NC(=O)c1cc(OC)c(OC)c(OC)c1. The van der Waals surface area contributed by atoms with Crippen LogP contribution >= 0.6 is 0 Å². The van der Waals surface area contributed by atoms with Crippen molar-refractivity contribution in [3.63, 3.8) is 0 Å². The highest BCUT2D eigenvalue weighted by molar-refractivity contribution is 6.01. The predicted molar refractivity (Wildman–Crippen MR) is 126 cm³/mol. The van der Waals surface area contributed by atoms with Gasteiger partial charge in [-0.15, -0.1) is 0 Å². The predicted octanol–water partition coefficient (Wildman–Crippen LogP) is 3.44. The molecule has 0 aliphatic heterocycles. The maximum atomic E-state index is 13.3. The zero-order valence-electron chi connectivity index (χ0n) is 19.7. The minimum absolute atomic E-state index is 0.234. The Morgan fingerprint density at radius 2 is 1.71 bits per heavy atom. The first-order valence-electron chi connectivity index (χ1n) is 10.6. The van der Waals surface area contributed by atoms with Crippen molar-refractivity contribution < 1.29 is 23.4 Å². The quantitative estimate of drug-likeness (QED) is 0.368. The number of carbonyl (C=O) groups excluding carboxylic acids is 1. The van der Waals surface area contributed by atoms with Crippen molar-refractivity contribution in [1.29, 1.82) is 0 Å². The van der Waals surface area contributed by atoms with Gasteiger partial charge in [-0.1, -0.05) is 13.3 Å². The lowest BCUT2D eigenvalue weighted by Crippen LogP contribution is -2.23. The molecule has 0 bridgehead atoms. The summed E-state index contributed by atoms with van der Waals surface area (Å²) in [5.41, 5.74) is 4.19. The number of aryl methyl sites for hydroxylation is 1. The molecule has 9 nitrogen and oxygen atoms in total. The largest absolute Gasteiger partial charge is 0.493 e. The fourth-order valence-electron chi connectivity index (χ4n) is 3.53. The molecule has 2 N–H and O–H groups in total. The Hall–Kier alpha value is -4.08. The number of halogens is 1. The number of hydrogen-bond acceptors (Lipinski definition) is 6. The molecule has 0 saturated heterocycles. The molecule has 0 fully saturated rings. The summed E-state index contributed by atoms with van der Waals surface area (Å²) in [6.07, 6.45) is 1.37. The van der Waals surface area contributed by atoms with Gasteiger partial charge in [0.05, 0.1) is 38.3 Å². The zero-order chi connectivity index (χ0) is 24.8. The van der Waals surface area contributed by atoms with E-state index < -0.39 is 11.7 Å². The first-order chi connectivity index (χ1) is 16.3. The van der Waals surface area contributed by atoms with E-state index in [2.05, 4.69) is 15.6 Å². The topological polar surface area (TPSA) is 107 Å².